The fourth-order valence-electron chi connectivity index (χ4n) is 0.887. The molecule has 0 N–H and O–H groups in total. The third-order valence-corrected chi connectivity index (χ3v) is 4.46. The van der Waals surface area contributed by atoms with Gasteiger partial charge in [-0.15, -0.1) is 0 Å². The maximum Gasteiger partial charge on any atom is 0.267 e. The Hall–Kier alpha value is -0.320. The second kappa shape index (κ2) is 7.31. The van der Waals surface area contributed by atoms with E-state index in [1.165, 1.54) is 13.8 Å². The Morgan fingerprint density at radius 2 is 1.11 bits per heavy atom. The summed E-state index contributed by atoms with van der Waals surface area (Å²) < 4.78 is 78.3. The Labute approximate surface area is 106 Å². The number of rotatable bonds is 9. The van der Waals surface area contributed by atoms with E-state index in [9.17, 15) is 25.6 Å². The van der Waals surface area contributed by atoms with Crippen LogP contribution in [0.4, 0.5) is 8.78 Å². The highest BCUT2D eigenvalue weighted by Crippen LogP contribution is 2.13. The summed E-state index contributed by atoms with van der Waals surface area (Å²) in [4.78, 5) is 0. The molecule has 18 heavy (non-hydrogen) atoms. The Morgan fingerprint density at radius 3 is 1.28 bits per heavy atom. The summed E-state index contributed by atoms with van der Waals surface area (Å²) >= 11 is 0. The average molecular weight is 310 g/mol. The Morgan fingerprint density at radius 1 is 0.833 bits per heavy atom. The summed E-state index contributed by atoms with van der Waals surface area (Å²) in [5.41, 5.74) is 0. The lowest BCUT2D eigenvalue weighted by molar-refractivity contribution is 0.0314. The van der Waals surface area contributed by atoms with Crippen molar-refractivity contribution in [2.24, 2.45) is 0 Å². The standard InChI is InChI=1S/C8H16F2O6S2/c1-3-17(11,12)15-7(5-9)8(6-10)16-18(13,14)4-2/h7-8H,3-6H2,1-2H3. The van der Waals surface area contributed by atoms with E-state index in [2.05, 4.69) is 8.37 Å². The molecule has 0 bridgehead atoms. The predicted molar refractivity (Wildman–Crippen MR) is 60.6 cm³/mol. The molecule has 0 fully saturated rings. The van der Waals surface area contributed by atoms with Crippen LogP contribution in [0, 0.1) is 0 Å². The molecule has 0 aliphatic rings. The SMILES string of the molecule is CCS(=O)(=O)OC(CF)C(CF)OS(=O)(=O)CC. The van der Waals surface area contributed by atoms with Gasteiger partial charge in [-0.3, -0.25) is 8.37 Å². The molecule has 0 aromatic carbocycles. The normalized spacial score (nSPS) is 16.4. The molecule has 0 rings (SSSR count). The zero-order chi connectivity index (χ0) is 14.4. The Bertz CT molecular complexity index is 391. The fourth-order valence-corrected chi connectivity index (χ4v) is 2.26. The summed E-state index contributed by atoms with van der Waals surface area (Å²) in [6.07, 6.45) is -3.64. The monoisotopic (exact) mass is 310 g/mol. The highest BCUT2D eigenvalue weighted by atomic mass is 32.2. The van der Waals surface area contributed by atoms with E-state index in [4.69, 9.17) is 0 Å². The number of alkyl halides is 2. The van der Waals surface area contributed by atoms with E-state index >= 15 is 0 Å². The summed E-state index contributed by atoms with van der Waals surface area (Å²) in [5.74, 6) is -0.883. The van der Waals surface area contributed by atoms with E-state index in [1.807, 2.05) is 0 Å². The molecule has 0 saturated carbocycles. The molecule has 2 atom stereocenters. The molecule has 0 saturated heterocycles. The van der Waals surface area contributed by atoms with E-state index in [0.29, 0.717) is 0 Å². The summed E-state index contributed by atoms with van der Waals surface area (Å²) in [6, 6.07) is 0. The number of halogens is 2. The molecule has 0 spiro atoms. The van der Waals surface area contributed by atoms with Crippen molar-refractivity contribution < 1.29 is 34.0 Å². The minimum atomic E-state index is -4.03. The van der Waals surface area contributed by atoms with E-state index in [-0.39, 0.29) is 0 Å². The second-order valence-corrected chi connectivity index (χ2v) is 7.04. The van der Waals surface area contributed by atoms with Gasteiger partial charge in [-0.25, -0.2) is 8.78 Å². The molecular formula is C8H16F2O6S2. The molecule has 2 unspecified atom stereocenters. The first kappa shape index (κ1) is 17.7. The van der Waals surface area contributed by atoms with E-state index in [0.717, 1.165) is 0 Å². The first-order chi connectivity index (χ1) is 8.21. The van der Waals surface area contributed by atoms with Crippen molar-refractivity contribution in [3.05, 3.63) is 0 Å². The molecular weight excluding hydrogens is 294 g/mol. The van der Waals surface area contributed by atoms with Gasteiger partial charge < -0.3 is 0 Å². The molecule has 0 heterocycles. The highest BCUT2D eigenvalue weighted by Gasteiger charge is 2.31. The number of hydrogen-bond acceptors (Lipinski definition) is 6. The van der Waals surface area contributed by atoms with Crippen LogP contribution in [0.15, 0.2) is 0 Å². The van der Waals surface area contributed by atoms with Crippen molar-refractivity contribution in [3.8, 4) is 0 Å². The van der Waals surface area contributed by atoms with Gasteiger partial charge in [-0.05, 0) is 13.8 Å². The van der Waals surface area contributed by atoms with Crippen molar-refractivity contribution in [1.82, 2.24) is 0 Å². The number of hydrogen-bond donors (Lipinski definition) is 0. The quantitative estimate of drug-likeness (QED) is 0.573. The van der Waals surface area contributed by atoms with Crippen molar-refractivity contribution in [1.29, 1.82) is 0 Å². The molecule has 110 valence electrons. The van der Waals surface area contributed by atoms with Gasteiger partial charge in [-0.2, -0.15) is 16.8 Å². The van der Waals surface area contributed by atoms with Gasteiger partial charge >= 0.3 is 0 Å². The van der Waals surface area contributed by atoms with Crippen LogP contribution >= 0.6 is 0 Å². The average Bonchev–Trinajstić information content (AvgIpc) is 2.33. The zero-order valence-corrected chi connectivity index (χ0v) is 11.6. The third-order valence-electron chi connectivity index (χ3n) is 1.97. The van der Waals surface area contributed by atoms with Gasteiger partial charge in [0.2, 0.25) is 0 Å². The van der Waals surface area contributed by atoms with Crippen molar-refractivity contribution in [2.45, 2.75) is 26.1 Å². The summed E-state index contributed by atoms with van der Waals surface area (Å²) in [7, 11) is -8.06. The third kappa shape index (κ3) is 6.03. The minimum Gasteiger partial charge on any atom is -0.261 e. The van der Waals surface area contributed by atoms with Gasteiger partial charge in [0, 0.05) is 0 Å². The van der Waals surface area contributed by atoms with Gasteiger partial charge in [0.25, 0.3) is 20.2 Å². The first-order valence-corrected chi connectivity index (χ1v) is 8.30. The van der Waals surface area contributed by atoms with Crippen LogP contribution in [0.2, 0.25) is 0 Å². The van der Waals surface area contributed by atoms with Crippen LogP contribution in [-0.2, 0) is 28.6 Å². The van der Waals surface area contributed by atoms with Crippen LogP contribution in [0.3, 0.4) is 0 Å². The molecule has 0 aliphatic heterocycles. The fraction of sp³-hybridized carbons (Fsp3) is 1.00. The maximum absolute atomic E-state index is 12.6. The second-order valence-electron chi connectivity index (χ2n) is 3.27. The zero-order valence-electron chi connectivity index (χ0n) is 10.0. The largest absolute Gasteiger partial charge is 0.267 e. The van der Waals surface area contributed by atoms with Crippen LogP contribution in [-0.4, -0.2) is 53.9 Å². The molecule has 0 radical (unpaired) electrons. The maximum atomic E-state index is 12.6. The van der Waals surface area contributed by atoms with Crippen LogP contribution in [0.25, 0.3) is 0 Å². The summed E-state index contributed by atoms with van der Waals surface area (Å²) in [5, 5.41) is 0. The molecule has 6 nitrogen and oxygen atoms in total. The van der Waals surface area contributed by atoms with Gasteiger partial charge in [0.05, 0.1) is 11.5 Å². The highest BCUT2D eigenvalue weighted by molar-refractivity contribution is 7.87. The lowest BCUT2D eigenvalue weighted by Gasteiger charge is -2.21. The van der Waals surface area contributed by atoms with Gasteiger partial charge in [-0.1, -0.05) is 0 Å². The van der Waals surface area contributed by atoms with E-state index in [1.54, 1.807) is 0 Å². The molecule has 0 aliphatic carbocycles. The summed E-state index contributed by atoms with van der Waals surface area (Å²) in [6.45, 7) is -0.266. The van der Waals surface area contributed by atoms with Crippen molar-refractivity contribution in [3.63, 3.8) is 0 Å². The lowest BCUT2D eigenvalue weighted by atomic mass is 10.2. The smallest absolute Gasteiger partial charge is 0.261 e. The van der Waals surface area contributed by atoms with Gasteiger partial charge in [0.15, 0.2) is 0 Å². The van der Waals surface area contributed by atoms with Crippen LogP contribution in [0.1, 0.15) is 13.8 Å². The predicted octanol–water partition coefficient (Wildman–Crippen LogP) is 0.395. The Balaban J connectivity index is 4.90. The molecule has 0 aromatic rings. The van der Waals surface area contributed by atoms with E-state index < -0.39 is 57.3 Å². The van der Waals surface area contributed by atoms with Crippen molar-refractivity contribution >= 4 is 20.2 Å². The van der Waals surface area contributed by atoms with Crippen LogP contribution in [0.5, 0.6) is 0 Å². The van der Waals surface area contributed by atoms with Gasteiger partial charge in [0.1, 0.15) is 25.6 Å². The first-order valence-electron chi connectivity index (χ1n) is 5.15. The lowest BCUT2D eigenvalue weighted by Crippen LogP contribution is -2.39. The molecule has 0 amide bonds. The van der Waals surface area contributed by atoms with Crippen LogP contribution < -0.4 is 0 Å². The minimum absolute atomic E-state index is 0.441. The molecule has 0 aromatic heterocycles. The Kier molecular flexibility index (Phi) is 7.18. The topological polar surface area (TPSA) is 86.7 Å². The molecule has 10 heteroatoms. The van der Waals surface area contributed by atoms with Crippen molar-refractivity contribution in [2.75, 3.05) is 24.9 Å².